The maximum atomic E-state index is 13.4. The zero-order chi connectivity index (χ0) is 16.0. The van der Waals surface area contributed by atoms with Crippen molar-refractivity contribution >= 4 is 12.0 Å². The van der Waals surface area contributed by atoms with Gasteiger partial charge in [0.25, 0.3) is 5.92 Å². The Morgan fingerprint density at radius 2 is 2.27 bits per heavy atom. The van der Waals surface area contributed by atoms with Crippen molar-refractivity contribution < 1.29 is 13.6 Å². The zero-order valence-corrected chi connectivity index (χ0v) is 12.3. The van der Waals surface area contributed by atoms with Crippen LogP contribution in [0.25, 0.3) is 0 Å². The number of carbonyl (C=O) groups is 1. The fourth-order valence-electron chi connectivity index (χ4n) is 3.12. The number of alkyl halides is 2. The highest BCUT2D eigenvalue weighted by atomic mass is 19.3. The van der Waals surface area contributed by atoms with Gasteiger partial charge in [-0.15, -0.1) is 0 Å². The molecule has 2 aliphatic rings. The molecule has 0 aliphatic heterocycles. The molecule has 2 heterocycles. The molecule has 1 unspecified atom stereocenters. The number of rotatable bonds is 2. The molecule has 0 aromatic carbocycles. The predicted octanol–water partition coefficient (Wildman–Crippen LogP) is 2.04. The summed E-state index contributed by atoms with van der Waals surface area (Å²) in [5.41, 5.74) is 1.76. The Labute approximate surface area is 125 Å². The van der Waals surface area contributed by atoms with Gasteiger partial charge in [-0.05, 0) is 6.42 Å². The van der Waals surface area contributed by atoms with Gasteiger partial charge in [0.2, 0.25) is 0 Å². The van der Waals surface area contributed by atoms with E-state index in [0.717, 1.165) is 5.69 Å². The van der Waals surface area contributed by atoms with E-state index in [-0.39, 0.29) is 12.1 Å². The van der Waals surface area contributed by atoms with E-state index in [9.17, 15) is 13.6 Å². The maximum absolute atomic E-state index is 13.4. The summed E-state index contributed by atoms with van der Waals surface area (Å²) in [4.78, 5) is 10.6. The molecule has 6 nitrogen and oxygen atoms in total. The molecule has 2 aliphatic carbocycles. The predicted molar refractivity (Wildman–Crippen MR) is 76.1 cm³/mol. The maximum Gasteiger partial charge on any atom is 0.258 e. The Morgan fingerprint density at radius 3 is 2.82 bits per heavy atom. The fourth-order valence-corrected chi connectivity index (χ4v) is 3.12. The number of halogens is 2. The Hall–Kier alpha value is -2.25. The molecule has 118 valence electrons. The second-order valence-electron chi connectivity index (χ2n) is 5.89. The van der Waals surface area contributed by atoms with Gasteiger partial charge < -0.3 is 5.32 Å². The van der Waals surface area contributed by atoms with Crippen LogP contribution in [0.5, 0.6) is 0 Å². The molecule has 0 amide bonds. The average molecular weight is 309 g/mol. The minimum Gasteiger partial charge on any atom is -0.386 e. The van der Waals surface area contributed by atoms with Crippen molar-refractivity contribution in [2.75, 3.05) is 12.4 Å². The monoisotopic (exact) mass is 309 g/mol. The topological polar surface area (TPSA) is 86.5 Å². The van der Waals surface area contributed by atoms with Crippen LogP contribution in [0.15, 0.2) is 12.4 Å². The van der Waals surface area contributed by atoms with Crippen LogP contribution in [-0.4, -0.2) is 39.7 Å². The van der Waals surface area contributed by atoms with Gasteiger partial charge >= 0.3 is 0 Å². The van der Waals surface area contributed by atoms with Crippen molar-refractivity contribution in [2.45, 2.75) is 25.7 Å². The van der Waals surface area contributed by atoms with Crippen LogP contribution in [0, 0.1) is 11.3 Å². The van der Waals surface area contributed by atoms with Crippen LogP contribution < -0.4 is 5.32 Å². The molecule has 4 rings (SSSR count). The molecule has 0 radical (unpaired) electrons. The van der Waals surface area contributed by atoms with E-state index in [4.69, 9.17) is 0 Å². The standard InChI is InChI=1S/C10H10F2N2O.C4H7N3/c1-9-3-6-5(7(4-15)14-13-6)2-8(9)10(9,11)12;1-5-4-2-6-7-3-4/h4,8H,2-3H2,1H3,(H,13,14);2-3,5H,1H3,(H,6,7)/t8?,9-;/m1./s1. The van der Waals surface area contributed by atoms with Gasteiger partial charge in [-0.25, -0.2) is 8.78 Å². The lowest BCUT2D eigenvalue weighted by molar-refractivity contribution is 0.0631. The molecular weight excluding hydrogens is 292 g/mol. The number of hydrogen-bond donors (Lipinski definition) is 3. The van der Waals surface area contributed by atoms with Crippen LogP contribution in [0.1, 0.15) is 28.7 Å². The number of nitrogens with zero attached hydrogens (tertiary/aromatic N) is 2. The van der Waals surface area contributed by atoms with Gasteiger partial charge in [0.1, 0.15) is 5.69 Å². The van der Waals surface area contributed by atoms with Crippen molar-refractivity contribution in [3.05, 3.63) is 29.3 Å². The number of hydrogen-bond acceptors (Lipinski definition) is 4. The average Bonchev–Trinajstić information content (AvgIpc) is 3.01. The highest BCUT2D eigenvalue weighted by Gasteiger charge is 2.78. The summed E-state index contributed by atoms with van der Waals surface area (Å²) in [7, 11) is 1.85. The molecule has 2 atom stereocenters. The van der Waals surface area contributed by atoms with Crippen LogP contribution in [0.2, 0.25) is 0 Å². The molecule has 1 fully saturated rings. The smallest absolute Gasteiger partial charge is 0.258 e. The van der Waals surface area contributed by atoms with E-state index < -0.39 is 17.3 Å². The third-order valence-electron chi connectivity index (χ3n) is 4.72. The van der Waals surface area contributed by atoms with Gasteiger partial charge in [0, 0.05) is 42.3 Å². The number of carbonyl (C=O) groups excluding carboxylic acids is 1. The Morgan fingerprint density at radius 1 is 1.50 bits per heavy atom. The number of fused-ring (bicyclic) bond motifs is 2. The molecular formula is C14H17F2N5O. The Bertz CT molecular complexity index is 681. The highest BCUT2D eigenvalue weighted by Crippen LogP contribution is 2.70. The number of nitrogens with one attached hydrogen (secondary N) is 3. The van der Waals surface area contributed by atoms with E-state index in [1.165, 1.54) is 0 Å². The summed E-state index contributed by atoms with van der Waals surface area (Å²) >= 11 is 0. The van der Waals surface area contributed by atoms with Crippen LogP contribution in [0.3, 0.4) is 0 Å². The number of aromatic amines is 2. The number of aromatic nitrogens is 4. The van der Waals surface area contributed by atoms with E-state index >= 15 is 0 Å². The van der Waals surface area contributed by atoms with Crippen LogP contribution in [0.4, 0.5) is 14.5 Å². The van der Waals surface area contributed by atoms with Gasteiger partial charge in [-0.2, -0.15) is 10.2 Å². The first-order valence-corrected chi connectivity index (χ1v) is 6.99. The molecule has 0 bridgehead atoms. The van der Waals surface area contributed by atoms with Gasteiger partial charge in [0.15, 0.2) is 6.29 Å². The molecule has 8 heteroatoms. The fraction of sp³-hybridized carbons (Fsp3) is 0.500. The summed E-state index contributed by atoms with van der Waals surface area (Å²) < 4.78 is 26.9. The minimum atomic E-state index is -2.59. The molecule has 2 aromatic heterocycles. The number of anilines is 1. The third kappa shape index (κ3) is 2.01. The normalized spacial score (nSPS) is 27.0. The minimum absolute atomic E-state index is 0.267. The number of aldehydes is 1. The molecule has 3 N–H and O–H groups in total. The van der Waals surface area contributed by atoms with Crippen molar-refractivity contribution in [1.82, 2.24) is 20.4 Å². The lowest BCUT2D eigenvalue weighted by Crippen LogP contribution is -2.14. The first kappa shape index (κ1) is 14.7. The highest BCUT2D eigenvalue weighted by molar-refractivity contribution is 5.75. The third-order valence-corrected chi connectivity index (χ3v) is 4.72. The van der Waals surface area contributed by atoms with Crippen LogP contribution >= 0.6 is 0 Å². The van der Waals surface area contributed by atoms with E-state index in [2.05, 4.69) is 25.7 Å². The van der Waals surface area contributed by atoms with E-state index in [0.29, 0.717) is 24.0 Å². The summed E-state index contributed by atoms with van der Waals surface area (Å²) in [5.74, 6) is -3.21. The zero-order valence-electron chi connectivity index (χ0n) is 12.3. The quantitative estimate of drug-likeness (QED) is 0.741. The first-order valence-electron chi connectivity index (χ1n) is 6.99. The van der Waals surface area contributed by atoms with Crippen LogP contribution in [-0.2, 0) is 12.8 Å². The molecule has 22 heavy (non-hydrogen) atoms. The van der Waals surface area contributed by atoms with E-state index in [1.54, 1.807) is 19.3 Å². The SMILES string of the molecule is CNc1cn[nH]c1.C[C@@]12Cc3[nH]nc(C=O)c3CC1C2(F)F. The molecule has 0 spiro atoms. The first-order chi connectivity index (χ1) is 10.4. The number of H-pyrrole nitrogens is 2. The van der Waals surface area contributed by atoms with Gasteiger partial charge in [-0.3, -0.25) is 15.0 Å². The molecule has 1 saturated carbocycles. The van der Waals surface area contributed by atoms with Crippen molar-refractivity contribution in [1.29, 1.82) is 0 Å². The summed E-state index contributed by atoms with van der Waals surface area (Å²) in [5, 5.41) is 15.8. The molecule has 0 saturated heterocycles. The Kier molecular flexibility index (Phi) is 3.26. The largest absolute Gasteiger partial charge is 0.386 e. The van der Waals surface area contributed by atoms with Crippen molar-refractivity contribution in [2.24, 2.45) is 11.3 Å². The van der Waals surface area contributed by atoms with Gasteiger partial charge in [0.05, 0.1) is 11.9 Å². The lowest BCUT2D eigenvalue weighted by atomic mass is 9.88. The summed E-state index contributed by atoms with van der Waals surface area (Å²) in [6.45, 7) is 1.60. The summed E-state index contributed by atoms with van der Waals surface area (Å²) in [6, 6.07) is 0. The summed E-state index contributed by atoms with van der Waals surface area (Å²) in [6.07, 6.45) is 4.70. The lowest BCUT2D eigenvalue weighted by Gasteiger charge is -2.14. The van der Waals surface area contributed by atoms with E-state index in [1.807, 2.05) is 7.05 Å². The van der Waals surface area contributed by atoms with Crippen molar-refractivity contribution in [3.8, 4) is 0 Å². The second kappa shape index (κ2) is 4.89. The Balaban J connectivity index is 0.000000174. The molecule has 2 aromatic rings. The van der Waals surface area contributed by atoms with Crippen molar-refractivity contribution in [3.63, 3.8) is 0 Å². The second-order valence-corrected chi connectivity index (χ2v) is 5.89. The van der Waals surface area contributed by atoms with Gasteiger partial charge in [-0.1, -0.05) is 6.92 Å².